The number of nitrogens with two attached hydrogens (primary N) is 1. The van der Waals surface area contributed by atoms with Crippen LogP contribution in [0.4, 0.5) is 0 Å². The highest BCUT2D eigenvalue weighted by atomic mass is 16.5. The molecule has 1 aromatic carbocycles. The van der Waals surface area contributed by atoms with E-state index in [4.69, 9.17) is 10.5 Å². The number of rotatable bonds is 5. The summed E-state index contributed by atoms with van der Waals surface area (Å²) < 4.78 is 5.34. The molecule has 0 amide bonds. The van der Waals surface area contributed by atoms with E-state index in [0.29, 0.717) is 18.9 Å². The highest BCUT2D eigenvalue weighted by Crippen LogP contribution is 2.42. The van der Waals surface area contributed by atoms with Gasteiger partial charge in [-0.05, 0) is 37.3 Å². The summed E-state index contributed by atoms with van der Waals surface area (Å²) in [6, 6.07) is 6.04. The maximum Gasteiger partial charge on any atom is 0.122 e. The highest BCUT2D eigenvalue weighted by Gasteiger charge is 2.43. The minimum absolute atomic E-state index is 0.314. The standard InChI is InChI=1S/C14H21NO2/c1-10-3-6-13(17-2)11(7-10)8-14(16,9-15)12-4-5-12/h3,6-7,12,16H,4-5,8-9,15H2,1-2H3. The molecule has 0 saturated heterocycles. The van der Waals surface area contributed by atoms with Gasteiger partial charge in [0.1, 0.15) is 5.75 Å². The SMILES string of the molecule is COc1ccc(C)cc1CC(O)(CN)C1CC1. The van der Waals surface area contributed by atoms with Crippen molar-refractivity contribution in [2.75, 3.05) is 13.7 Å². The van der Waals surface area contributed by atoms with Crippen molar-refractivity contribution in [2.24, 2.45) is 11.7 Å². The Morgan fingerprint density at radius 1 is 1.47 bits per heavy atom. The molecule has 1 atom stereocenters. The molecule has 0 heterocycles. The van der Waals surface area contributed by atoms with Crippen LogP contribution >= 0.6 is 0 Å². The molecule has 0 spiro atoms. The Hall–Kier alpha value is -1.06. The molecule has 2 rings (SSSR count). The summed E-state index contributed by atoms with van der Waals surface area (Å²) in [5.74, 6) is 1.20. The summed E-state index contributed by atoms with van der Waals surface area (Å²) in [6.07, 6.45) is 2.75. The molecule has 1 saturated carbocycles. The largest absolute Gasteiger partial charge is 0.496 e. The van der Waals surface area contributed by atoms with Crippen LogP contribution in [-0.2, 0) is 6.42 Å². The van der Waals surface area contributed by atoms with Gasteiger partial charge in [-0.15, -0.1) is 0 Å². The van der Waals surface area contributed by atoms with Gasteiger partial charge in [-0.25, -0.2) is 0 Å². The Balaban J connectivity index is 2.24. The summed E-state index contributed by atoms with van der Waals surface area (Å²) in [5, 5.41) is 10.5. The van der Waals surface area contributed by atoms with Gasteiger partial charge in [0.05, 0.1) is 12.7 Å². The maximum absolute atomic E-state index is 10.5. The van der Waals surface area contributed by atoms with Crippen molar-refractivity contribution in [1.29, 1.82) is 0 Å². The zero-order valence-corrected chi connectivity index (χ0v) is 10.6. The van der Waals surface area contributed by atoms with Gasteiger partial charge in [-0.2, -0.15) is 0 Å². The molecule has 94 valence electrons. The molecule has 3 nitrogen and oxygen atoms in total. The van der Waals surface area contributed by atoms with E-state index in [9.17, 15) is 5.11 Å². The average Bonchev–Trinajstić information content (AvgIpc) is 3.13. The van der Waals surface area contributed by atoms with Gasteiger partial charge in [-0.1, -0.05) is 17.7 Å². The molecule has 1 aliphatic rings. The van der Waals surface area contributed by atoms with E-state index in [1.54, 1.807) is 7.11 Å². The van der Waals surface area contributed by atoms with E-state index in [0.717, 1.165) is 24.2 Å². The van der Waals surface area contributed by atoms with Crippen LogP contribution in [0.15, 0.2) is 18.2 Å². The summed E-state index contributed by atoms with van der Waals surface area (Å²) in [5.41, 5.74) is 7.20. The Kier molecular flexibility index (Phi) is 3.40. The first kappa shape index (κ1) is 12.4. The van der Waals surface area contributed by atoms with E-state index >= 15 is 0 Å². The van der Waals surface area contributed by atoms with Gasteiger partial charge in [0, 0.05) is 13.0 Å². The summed E-state index contributed by atoms with van der Waals surface area (Å²) in [6.45, 7) is 2.36. The summed E-state index contributed by atoms with van der Waals surface area (Å²) in [7, 11) is 1.66. The number of ether oxygens (including phenoxy) is 1. The lowest BCUT2D eigenvalue weighted by Gasteiger charge is -2.27. The van der Waals surface area contributed by atoms with Crippen molar-refractivity contribution < 1.29 is 9.84 Å². The Labute approximate surface area is 103 Å². The van der Waals surface area contributed by atoms with Crippen LogP contribution in [0.2, 0.25) is 0 Å². The van der Waals surface area contributed by atoms with E-state index in [1.807, 2.05) is 19.1 Å². The van der Waals surface area contributed by atoms with E-state index in [2.05, 4.69) is 6.07 Å². The summed E-state index contributed by atoms with van der Waals surface area (Å²) >= 11 is 0. The third kappa shape index (κ3) is 2.61. The van der Waals surface area contributed by atoms with Crippen molar-refractivity contribution in [3.8, 4) is 5.75 Å². The monoisotopic (exact) mass is 235 g/mol. The second kappa shape index (κ2) is 4.67. The number of methoxy groups -OCH3 is 1. The quantitative estimate of drug-likeness (QED) is 0.816. The predicted octanol–water partition coefficient (Wildman–Crippen LogP) is 1.65. The molecule has 0 radical (unpaired) electrons. The van der Waals surface area contributed by atoms with Gasteiger partial charge < -0.3 is 15.6 Å². The molecule has 1 aromatic rings. The van der Waals surface area contributed by atoms with Crippen LogP contribution in [0.5, 0.6) is 5.75 Å². The molecule has 0 aliphatic heterocycles. The number of aliphatic hydroxyl groups is 1. The normalized spacial score (nSPS) is 18.8. The molecule has 3 N–H and O–H groups in total. The molecular formula is C14H21NO2. The number of hydrogen-bond donors (Lipinski definition) is 2. The fourth-order valence-corrected chi connectivity index (χ4v) is 2.38. The fraction of sp³-hybridized carbons (Fsp3) is 0.571. The van der Waals surface area contributed by atoms with E-state index < -0.39 is 5.60 Å². The Morgan fingerprint density at radius 2 is 2.18 bits per heavy atom. The zero-order valence-electron chi connectivity index (χ0n) is 10.6. The lowest BCUT2D eigenvalue weighted by molar-refractivity contribution is 0.0262. The molecule has 1 fully saturated rings. The molecule has 0 aromatic heterocycles. The van der Waals surface area contributed by atoms with Crippen LogP contribution < -0.4 is 10.5 Å². The Morgan fingerprint density at radius 3 is 2.71 bits per heavy atom. The summed E-state index contributed by atoms with van der Waals surface area (Å²) in [4.78, 5) is 0. The molecule has 3 heteroatoms. The number of aryl methyl sites for hydroxylation is 1. The molecule has 1 unspecified atom stereocenters. The van der Waals surface area contributed by atoms with Crippen LogP contribution in [0, 0.1) is 12.8 Å². The number of hydrogen-bond acceptors (Lipinski definition) is 3. The molecule has 1 aliphatic carbocycles. The molecular weight excluding hydrogens is 214 g/mol. The van der Waals surface area contributed by atoms with Crippen LogP contribution in [-0.4, -0.2) is 24.4 Å². The second-order valence-electron chi connectivity index (χ2n) is 5.07. The van der Waals surface area contributed by atoms with Gasteiger partial charge in [-0.3, -0.25) is 0 Å². The molecule has 17 heavy (non-hydrogen) atoms. The lowest BCUT2D eigenvalue weighted by Crippen LogP contribution is -2.42. The predicted molar refractivity (Wildman–Crippen MR) is 68.2 cm³/mol. The third-order valence-corrected chi connectivity index (χ3v) is 3.62. The lowest BCUT2D eigenvalue weighted by atomic mass is 9.89. The van der Waals surface area contributed by atoms with Gasteiger partial charge in [0.25, 0.3) is 0 Å². The van der Waals surface area contributed by atoms with Crippen LogP contribution in [0.1, 0.15) is 24.0 Å². The van der Waals surface area contributed by atoms with Crippen molar-refractivity contribution in [3.63, 3.8) is 0 Å². The smallest absolute Gasteiger partial charge is 0.122 e. The van der Waals surface area contributed by atoms with Gasteiger partial charge in [0.15, 0.2) is 0 Å². The molecule has 0 bridgehead atoms. The highest BCUT2D eigenvalue weighted by molar-refractivity contribution is 5.38. The maximum atomic E-state index is 10.5. The number of benzene rings is 1. The minimum Gasteiger partial charge on any atom is -0.496 e. The first-order valence-electron chi connectivity index (χ1n) is 6.15. The van der Waals surface area contributed by atoms with Crippen molar-refractivity contribution in [1.82, 2.24) is 0 Å². The van der Waals surface area contributed by atoms with E-state index in [-0.39, 0.29) is 0 Å². The minimum atomic E-state index is -0.763. The zero-order chi connectivity index (χ0) is 12.5. The third-order valence-electron chi connectivity index (χ3n) is 3.62. The van der Waals surface area contributed by atoms with E-state index in [1.165, 1.54) is 5.56 Å². The van der Waals surface area contributed by atoms with Crippen molar-refractivity contribution in [3.05, 3.63) is 29.3 Å². The first-order chi connectivity index (χ1) is 8.09. The first-order valence-corrected chi connectivity index (χ1v) is 6.15. The van der Waals surface area contributed by atoms with Crippen LogP contribution in [0.3, 0.4) is 0 Å². The van der Waals surface area contributed by atoms with Crippen molar-refractivity contribution in [2.45, 2.75) is 31.8 Å². The topological polar surface area (TPSA) is 55.5 Å². The van der Waals surface area contributed by atoms with Gasteiger partial charge >= 0.3 is 0 Å². The second-order valence-corrected chi connectivity index (χ2v) is 5.07. The fourth-order valence-electron chi connectivity index (χ4n) is 2.38. The Bertz CT molecular complexity index is 401. The average molecular weight is 235 g/mol. The van der Waals surface area contributed by atoms with Gasteiger partial charge in [0.2, 0.25) is 0 Å². The van der Waals surface area contributed by atoms with Crippen LogP contribution in [0.25, 0.3) is 0 Å². The van der Waals surface area contributed by atoms with Crippen molar-refractivity contribution >= 4 is 0 Å².